The molecule has 2 atom stereocenters. The highest BCUT2D eigenvalue weighted by molar-refractivity contribution is 7.92. The van der Waals surface area contributed by atoms with Crippen LogP contribution < -0.4 is 19.1 Å². The summed E-state index contributed by atoms with van der Waals surface area (Å²) in [6.07, 6.45) is 0.687. The van der Waals surface area contributed by atoms with Crippen LogP contribution in [0.3, 0.4) is 0 Å². The number of carbonyl (C=O) groups excluding carboxylic acids is 2. The second-order valence-corrected chi connectivity index (χ2v) is 11.4. The number of methoxy groups -OCH3 is 2. The number of benzene rings is 3. The highest BCUT2D eigenvalue weighted by Gasteiger charge is 2.33. The zero-order valence-corrected chi connectivity index (χ0v) is 24.7. The van der Waals surface area contributed by atoms with E-state index in [-0.39, 0.29) is 28.9 Å². The predicted octanol–water partition coefficient (Wildman–Crippen LogP) is 4.37. The second kappa shape index (κ2) is 14.0. The van der Waals surface area contributed by atoms with Crippen LogP contribution in [0.25, 0.3) is 0 Å². The molecule has 220 valence electrons. The number of amides is 2. The number of nitrogens with zero attached hydrogens (tertiary/aromatic N) is 2. The molecule has 0 saturated carbocycles. The molecule has 9 nitrogen and oxygen atoms in total. The van der Waals surface area contributed by atoms with E-state index in [4.69, 9.17) is 9.47 Å². The number of nitrogens with one attached hydrogen (secondary N) is 1. The molecule has 11 heteroatoms. The number of halogens is 1. The number of ether oxygens (including phenoxy) is 2. The quantitative estimate of drug-likeness (QED) is 0.320. The van der Waals surface area contributed by atoms with Gasteiger partial charge in [-0.25, -0.2) is 12.8 Å². The minimum absolute atomic E-state index is 0.0183. The van der Waals surface area contributed by atoms with Gasteiger partial charge in [-0.15, -0.1) is 0 Å². The number of hydrogen-bond acceptors (Lipinski definition) is 6. The summed E-state index contributed by atoms with van der Waals surface area (Å²) in [7, 11) is -1.36. The smallest absolute Gasteiger partial charge is 0.264 e. The van der Waals surface area contributed by atoms with Crippen LogP contribution in [-0.4, -0.2) is 58.0 Å². The summed E-state index contributed by atoms with van der Waals surface area (Å²) < 4.78 is 53.0. The average Bonchev–Trinajstić information content (AvgIpc) is 2.98. The fourth-order valence-corrected chi connectivity index (χ4v) is 5.49. The summed E-state index contributed by atoms with van der Waals surface area (Å²) in [4.78, 5) is 28.3. The largest absolute Gasteiger partial charge is 0.493 e. The van der Waals surface area contributed by atoms with Gasteiger partial charge in [0, 0.05) is 18.7 Å². The maximum absolute atomic E-state index is 14.0. The molecule has 3 rings (SSSR count). The van der Waals surface area contributed by atoms with Gasteiger partial charge in [0.2, 0.25) is 11.8 Å². The Balaban J connectivity index is 2.06. The Bertz CT molecular complexity index is 1430. The van der Waals surface area contributed by atoms with Crippen LogP contribution >= 0.6 is 0 Å². The molecule has 1 N–H and O–H groups in total. The number of hydrogen-bond donors (Lipinski definition) is 1. The molecular formula is C30H36FN3O6S. The standard InChI is InChI=1S/C30H36FN3O6S/c1-6-21(2)32-30(36)22(3)33(19-23-12-14-24(31)15-13-23)29(35)20-34(41(37,38)26-10-8-7-9-11-26)25-16-17-27(39-4)28(18-25)40-5/h7-18,21-22H,6,19-20H2,1-5H3,(H,32,36)/t21-,22-/m0/s1. The Morgan fingerprint density at radius 3 is 2.15 bits per heavy atom. The van der Waals surface area contributed by atoms with E-state index in [0.29, 0.717) is 17.7 Å². The van der Waals surface area contributed by atoms with Crippen LogP contribution in [0.2, 0.25) is 0 Å². The number of sulfonamides is 1. The van der Waals surface area contributed by atoms with E-state index in [2.05, 4.69) is 5.32 Å². The SMILES string of the molecule is CC[C@H](C)NC(=O)[C@H](C)N(Cc1ccc(F)cc1)C(=O)CN(c1ccc(OC)c(OC)c1)S(=O)(=O)c1ccccc1. The third-order valence-corrected chi connectivity index (χ3v) is 8.49. The zero-order valence-electron chi connectivity index (χ0n) is 23.8. The summed E-state index contributed by atoms with van der Waals surface area (Å²) in [5.41, 5.74) is 0.741. The zero-order chi connectivity index (χ0) is 30.2. The van der Waals surface area contributed by atoms with E-state index in [1.807, 2.05) is 13.8 Å². The second-order valence-electron chi connectivity index (χ2n) is 9.51. The molecule has 0 bridgehead atoms. The van der Waals surface area contributed by atoms with Crippen LogP contribution in [0, 0.1) is 5.82 Å². The third-order valence-electron chi connectivity index (χ3n) is 6.70. The van der Waals surface area contributed by atoms with Gasteiger partial charge in [-0.3, -0.25) is 13.9 Å². The first kappa shape index (κ1) is 31.4. The van der Waals surface area contributed by atoms with Crippen LogP contribution in [0.4, 0.5) is 10.1 Å². The molecule has 2 amide bonds. The van der Waals surface area contributed by atoms with Crippen LogP contribution in [0.15, 0.2) is 77.7 Å². The highest BCUT2D eigenvalue weighted by Crippen LogP contribution is 2.34. The fraction of sp³-hybridized carbons (Fsp3) is 0.333. The minimum atomic E-state index is -4.24. The summed E-state index contributed by atoms with van der Waals surface area (Å²) in [5, 5.41) is 2.87. The first-order valence-electron chi connectivity index (χ1n) is 13.2. The lowest BCUT2D eigenvalue weighted by atomic mass is 10.1. The van der Waals surface area contributed by atoms with Gasteiger partial charge in [-0.2, -0.15) is 0 Å². The molecule has 0 aromatic heterocycles. The summed E-state index contributed by atoms with van der Waals surface area (Å²) in [5.74, 6) is -0.806. The van der Waals surface area contributed by atoms with E-state index >= 15 is 0 Å². The molecule has 0 aliphatic rings. The van der Waals surface area contributed by atoms with Crippen molar-refractivity contribution < 1.29 is 31.9 Å². The van der Waals surface area contributed by atoms with Crippen LogP contribution in [0.5, 0.6) is 11.5 Å². The van der Waals surface area contributed by atoms with Gasteiger partial charge in [-0.1, -0.05) is 37.3 Å². The normalized spacial score (nSPS) is 12.6. The van der Waals surface area contributed by atoms with Crippen molar-refractivity contribution in [3.63, 3.8) is 0 Å². The monoisotopic (exact) mass is 585 g/mol. The molecule has 41 heavy (non-hydrogen) atoms. The lowest BCUT2D eigenvalue weighted by molar-refractivity contribution is -0.139. The average molecular weight is 586 g/mol. The van der Waals surface area contributed by atoms with Gasteiger partial charge in [0.1, 0.15) is 18.4 Å². The van der Waals surface area contributed by atoms with Gasteiger partial charge in [0.25, 0.3) is 10.0 Å². The first-order chi connectivity index (χ1) is 19.5. The Kier molecular flexibility index (Phi) is 10.7. The number of rotatable bonds is 13. The van der Waals surface area contributed by atoms with E-state index < -0.39 is 40.2 Å². The number of carbonyl (C=O) groups is 2. The summed E-state index contributed by atoms with van der Waals surface area (Å²) >= 11 is 0. The number of anilines is 1. The van der Waals surface area contributed by atoms with Crippen molar-refractivity contribution in [2.45, 2.75) is 50.7 Å². The molecule has 0 radical (unpaired) electrons. The molecule has 3 aromatic carbocycles. The lowest BCUT2D eigenvalue weighted by Gasteiger charge is -2.32. The van der Waals surface area contributed by atoms with E-state index in [1.165, 1.54) is 67.7 Å². The Hall–Kier alpha value is -4.12. The molecule has 0 saturated heterocycles. The fourth-order valence-electron chi connectivity index (χ4n) is 4.06. The predicted molar refractivity (Wildman–Crippen MR) is 155 cm³/mol. The molecule has 0 aliphatic heterocycles. The molecule has 3 aromatic rings. The van der Waals surface area contributed by atoms with Crippen molar-refractivity contribution in [1.82, 2.24) is 10.2 Å². The maximum Gasteiger partial charge on any atom is 0.264 e. The van der Waals surface area contributed by atoms with Crippen molar-refractivity contribution in [2.24, 2.45) is 0 Å². The lowest BCUT2D eigenvalue weighted by Crippen LogP contribution is -2.52. The van der Waals surface area contributed by atoms with Crippen LogP contribution in [-0.2, 0) is 26.2 Å². The van der Waals surface area contributed by atoms with E-state index in [1.54, 1.807) is 31.2 Å². The van der Waals surface area contributed by atoms with Crippen molar-refractivity contribution in [3.8, 4) is 11.5 Å². The topological polar surface area (TPSA) is 105 Å². The van der Waals surface area contributed by atoms with Gasteiger partial charge in [-0.05, 0) is 62.2 Å². The molecule has 0 spiro atoms. The minimum Gasteiger partial charge on any atom is -0.493 e. The van der Waals surface area contributed by atoms with Gasteiger partial charge >= 0.3 is 0 Å². The molecule has 0 unspecified atom stereocenters. The Morgan fingerprint density at radius 2 is 1.56 bits per heavy atom. The molecule has 0 heterocycles. The van der Waals surface area contributed by atoms with Crippen LogP contribution in [0.1, 0.15) is 32.8 Å². The molecule has 0 fully saturated rings. The third kappa shape index (κ3) is 7.75. The van der Waals surface area contributed by atoms with Gasteiger partial charge in [0.15, 0.2) is 11.5 Å². The van der Waals surface area contributed by atoms with Crippen molar-refractivity contribution in [2.75, 3.05) is 25.1 Å². The van der Waals surface area contributed by atoms with Gasteiger partial charge in [0.05, 0.1) is 24.8 Å². The van der Waals surface area contributed by atoms with Crippen molar-refractivity contribution in [3.05, 3.63) is 84.2 Å². The summed E-state index contributed by atoms with van der Waals surface area (Å²) in [6.45, 7) is 4.69. The van der Waals surface area contributed by atoms with Crippen molar-refractivity contribution >= 4 is 27.5 Å². The van der Waals surface area contributed by atoms with Gasteiger partial charge < -0.3 is 19.7 Å². The highest BCUT2D eigenvalue weighted by atomic mass is 32.2. The first-order valence-corrected chi connectivity index (χ1v) is 14.6. The maximum atomic E-state index is 14.0. The Labute approximate surface area is 240 Å². The van der Waals surface area contributed by atoms with Crippen molar-refractivity contribution in [1.29, 1.82) is 0 Å². The molecular weight excluding hydrogens is 549 g/mol. The molecule has 0 aliphatic carbocycles. The van der Waals surface area contributed by atoms with E-state index in [9.17, 15) is 22.4 Å². The Morgan fingerprint density at radius 1 is 0.927 bits per heavy atom. The van der Waals surface area contributed by atoms with E-state index in [0.717, 1.165) is 4.31 Å². The summed E-state index contributed by atoms with van der Waals surface area (Å²) in [6, 6.07) is 16.7.